The Labute approximate surface area is 141 Å². The van der Waals surface area contributed by atoms with Gasteiger partial charge in [-0.3, -0.25) is 9.59 Å². The normalized spacial score (nSPS) is 10.1. The van der Waals surface area contributed by atoms with Crippen LogP contribution < -0.4 is 10.6 Å². The number of carbonyl (C=O) groups is 3. The third-order valence-electron chi connectivity index (χ3n) is 3.56. The fraction of sp³-hybridized carbons (Fsp3) is 0.211. The molecule has 0 radical (unpaired) electrons. The Morgan fingerprint density at radius 3 is 2.04 bits per heavy atom. The van der Waals surface area contributed by atoms with Gasteiger partial charge in [0.1, 0.15) is 0 Å². The van der Waals surface area contributed by atoms with E-state index in [1.807, 2.05) is 19.1 Å². The quantitative estimate of drug-likeness (QED) is 0.797. The Morgan fingerprint density at radius 2 is 1.46 bits per heavy atom. The first kappa shape index (κ1) is 17.4. The van der Waals surface area contributed by atoms with Crippen LogP contribution in [0.5, 0.6) is 0 Å². The number of hydrogen-bond donors (Lipinski definition) is 2. The molecule has 5 heteroatoms. The van der Waals surface area contributed by atoms with Crippen molar-refractivity contribution >= 4 is 23.3 Å². The summed E-state index contributed by atoms with van der Waals surface area (Å²) in [6, 6.07) is 13.6. The van der Waals surface area contributed by atoms with Gasteiger partial charge in [0, 0.05) is 29.8 Å². The first-order valence-corrected chi connectivity index (χ1v) is 7.71. The Kier molecular flexibility index (Phi) is 5.84. The van der Waals surface area contributed by atoms with E-state index < -0.39 is 0 Å². The molecule has 0 fully saturated rings. The summed E-state index contributed by atoms with van der Waals surface area (Å²) in [6.07, 6.45) is 0.236. The van der Waals surface area contributed by atoms with Crippen LogP contribution in [0.15, 0.2) is 48.5 Å². The lowest BCUT2D eigenvalue weighted by Gasteiger charge is -2.08. The molecule has 0 bridgehead atoms. The molecule has 0 saturated heterocycles. The Bertz CT molecular complexity index is 734. The largest absolute Gasteiger partial charge is 0.337 e. The van der Waals surface area contributed by atoms with Gasteiger partial charge in [0.15, 0.2) is 11.6 Å². The van der Waals surface area contributed by atoms with Crippen molar-refractivity contribution in [1.82, 2.24) is 5.32 Å². The SMILES string of the molecule is CC(=O)c1ccc(NC(=O)NCCC(=O)c2ccc(C)cc2)cc1. The number of rotatable bonds is 6. The summed E-state index contributed by atoms with van der Waals surface area (Å²) in [7, 11) is 0. The van der Waals surface area contributed by atoms with E-state index in [0.717, 1.165) is 5.56 Å². The second-order valence-electron chi connectivity index (χ2n) is 5.55. The van der Waals surface area contributed by atoms with Crippen LogP contribution in [-0.2, 0) is 0 Å². The molecule has 0 atom stereocenters. The summed E-state index contributed by atoms with van der Waals surface area (Å²) in [5.41, 5.74) is 2.91. The highest BCUT2D eigenvalue weighted by atomic mass is 16.2. The number of benzene rings is 2. The summed E-state index contributed by atoms with van der Waals surface area (Å²) < 4.78 is 0. The van der Waals surface area contributed by atoms with Gasteiger partial charge in [-0.05, 0) is 38.1 Å². The van der Waals surface area contributed by atoms with Gasteiger partial charge in [-0.25, -0.2) is 4.79 Å². The van der Waals surface area contributed by atoms with E-state index in [9.17, 15) is 14.4 Å². The minimum atomic E-state index is -0.387. The number of aryl methyl sites for hydroxylation is 1. The molecule has 0 spiro atoms. The molecule has 2 amide bonds. The van der Waals surface area contributed by atoms with E-state index in [-0.39, 0.29) is 30.6 Å². The van der Waals surface area contributed by atoms with Gasteiger partial charge in [-0.2, -0.15) is 0 Å². The van der Waals surface area contributed by atoms with Crippen LogP contribution in [0.2, 0.25) is 0 Å². The first-order chi connectivity index (χ1) is 11.5. The van der Waals surface area contributed by atoms with Crippen molar-refractivity contribution in [2.24, 2.45) is 0 Å². The molecule has 5 nitrogen and oxygen atoms in total. The van der Waals surface area contributed by atoms with Crippen molar-refractivity contribution in [3.05, 3.63) is 65.2 Å². The standard InChI is InChI=1S/C19H20N2O3/c1-13-3-5-16(6-4-13)18(23)11-12-20-19(24)21-17-9-7-15(8-10-17)14(2)22/h3-10H,11-12H2,1-2H3,(H2,20,21,24). The maximum absolute atomic E-state index is 12.0. The summed E-state index contributed by atoms with van der Waals surface area (Å²) >= 11 is 0. The van der Waals surface area contributed by atoms with Gasteiger partial charge in [-0.15, -0.1) is 0 Å². The zero-order valence-corrected chi connectivity index (χ0v) is 13.8. The fourth-order valence-corrected chi connectivity index (χ4v) is 2.14. The summed E-state index contributed by atoms with van der Waals surface area (Å²) in [5.74, 6) is -0.0401. The Balaban J connectivity index is 1.77. The van der Waals surface area contributed by atoms with Crippen molar-refractivity contribution in [1.29, 1.82) is 0 Å². The van der Waals surface area contributed by atoms with Gasteiger partial charge in [0.25, 0.3) is 0 Å². The second kappa shape index (κ2) is 8.06. The Morgan fingerprint density at radius 1 is 0.875 bits per heavy atom. The van der Waals surface area contributed by atoms with Gasteiger partial charge in [0.05, 0.1) is 0 Å². The van der Waals surface area contributed by atoms with Crippen LogP contribution in [0.1, 0.15) is 39.6 Å². The predicted molar refractivity (Wildman–Crippen MR) is 93.6 cm³/mol. The molecular weight excluding hydrogens is 304 g/mol. The number of urea groups is 1. The molecule has 0 heterocycles. The lowest BCUT2D eigenvalue weighted by molar-refractivity contribution is 0.0981. The summed E-state index contributed by atoms with van der Waals surface area (Å²) in [6.45, 7) is 3.70. The van der Waals surface area contributed by atoms with Crippen LogP contribution >= 0.6 is 0 Å². The fourth-order valence-electron chi connectivity index (χ4n) is 2.14. The number of hydrogen-bond acceptors (Lipinski definition) is 3. The molecule has 2 N–H and O–H groups in total. The van der Waals surface area contributed by atoms with E-state index in [1.165, 1.54) is 6.92 Å². The van der Waals surface area contributed by atoms with Gasteiger partial charge < -0.3 is 10.6 Å². The maximum Gasteiger partial charge on any atom is 0.319 e. The molecule has 0 saturated carbocycles. The minimum absolute atomic E-state index is 0.0129. The highest BCUT2D eigenvalue weighted by Crippen LogP contribution is 2.10. The predicted octanol–water partition coefficient (Wildman–Crippen LogP) is 3.59. The Hall–Kier alpha value is -2.95. The van der Waals surface area contributed by atoms with Crippen LogP contribution in [-0.4, -0.2) is 24.1 Å². The van der Waals surface area contributed by atoms with Gasteiger partial charge in [0.2, 0.25) is 0 Å². The molecule has 0 aliphatic carbocycles. The zero-order valence-electron chi connectivity index (χ0n) is 13.8. The smallest absolute Gasteiger partial charge is 0.319 e. The number of carbonyl (C=O) groups excluding carboxylic acids is 3. The second-order valence-corrected chi connectivity index (χ2v) is 5.55. The van der Waals surface area contributed by atoms with E-state index in [4.69, 9.17) is 0 Å². The molecular formula is C19H20N2O3. The maximum atomic E-state index is 12.0. The lowest BCUT2D eigenvalue weighted by Crippen LogP contribution is -2.30. The number of nitrogens with one attached hydrogen (secondary N) is 2. The van der Waals surface area contributed by atoms with E-state index in [0.29, 0.717) is 16.8 Å². The van der Waals surface area contributed by atoms with E-state index in [1.54, 1.807) is 36.4 Å². The topological polar surface area (TPSA) is 75.3 Å². The average Bonchev–Trinajstić information content (AvgIpc) is 2.55. The molecule has 2 aromatic carbocycles. The zero-order chi connectivity index (χ0) is 17.5. The highest BCUT2D eigenvalue weighted by molar-refractivity contribution is 5.97. The average molecular weight is 324 g/mol. The van der Waals surface area contributed by atoms with Crippen molar-refractivity contribution in [3.63, 3.8) is 0 Å². The van der Waals surface area contributed by atoms with Gasteiger partial charge in [-0.1, -0.05) is 29.8 Å². The molecule has 2 rings (SSSR count). The molecule has 124 valence electrons. The lowest BCUT2D eigenvalue weighted by atomic mass is 10.1. The van der Waals surface area contributed by atoms with Crippen molar-refractivity contribution in [2.45, 2.75) is 20.3 Å². The van der Waals surface area contributed by atoms with Gasteiger partial charge >= 0.3 is 6.03 Å². The highest BCUT2D eigenvalue weighted by Gasteiger charge is 2.07. The molecule has 0 aromatic heterocycles. The van der Waals surface area contributed by atoms with E-state index >= 15 is 0 Å². The van der Waals surface area contributed by atoms with E-state index in [2.05, 4.69) is 10.6 Å². The van der Waals surface area contributed by atoms with Crippen molar-refractivity contribution in [2.75, 3.05) is 11.9 Å². The minimum Gasteiger partial charge on any atom is -0.337 e. The molecule has 2 aromatic rings. The molecule has 24 heavy (non-hydrogen) atoms. The van der Waals surface area contributed by atoms with Crippen LogP contribution in [0, 0.1) is 6.92 Å². The monoisotopic (exact) mass is 324 g/mol. The van der Waals surface area contributed by atoms with Crippen LogP contribution in [0.25, 0.3) is 0 Å². The third kappa shape index (κ3) is 5.05. The molecule has 0 unspecified atom stereocenters. The van der Waals surface area contributed by atoms with Crippen molar-refractivity contribution in [3.8, 4) is 0 Å². The van der Waals surface area contributed by atoms with Crippen LogP contribution in [0.3, 0.4) is 0 Å². The number of ketones is 2. The third-order valence-corrected chi connectivity index (χ3v) is 3.56. The van der Waals surface area contributed by atoms with Crippen molar-refractivity contribution < 1.29 is 14.4 Å². The number of anilines is 1. The number of Topliss-reactive ketones (excluding diaryl/α,β-unsaturated/α-hetero) is 2. The van der Waals surface area contributed by atoms with Crippen LogP contribution in [0.4, 0.5) is 10.5 Å². The summed E-state index contributed by atoms with van der Waals surface area (Å²) in [4.78, 5) is 35.0. The molecule has 0 aliphatic heterocycles. The summed E-state index contributed by atoms with van der Waals surface area (Å²) in [5, 5.41) is 5.30. The number of amides is 2. The molecule has 0 aliphatic rings. The first-order valence-electron chi connectivity index (χ1n) is 7.71.